The molecule has 0 saturated heterocycles. The van der Waals surface area contributed by atoms with Crippen LogP contribution in [-0.2, 0) is 4.74 Å². The minimum Gasteiger partial charge on any atom is -0.444 e. The van der Waals surface area contributed by atoms with Crippen molar-refractivity contribution >= 4 is 12.1 Å². The second-order valence-electron chi connectivity index (χ2n) is 5.41. The minimum atomic E-state index is -0.453. The maximum Gasteiger partial charge on any atom is 0.407 e. The van der Waals surface area contributed by atoms with E-state index in [1.165, 1.54) is 0 Å². The standard InChI is InChI=1S/C13H28N4O2/c1-7-14-11(17(5)6)15-9-8-10-16-12(18)19-13(2,3)4/h7-10H2,1-6H3,(H,14,15)(H,16,18). The van der Waals surface area contributed by atoms with Gasteiger partial charge in [0.1, 0.15) is 5.60 Å². The summed E-state index contributed by atoms with van der Waals surface area (Å²) in [5.41, 5.74) is -0.453. The van der Waals surface area contributed by atoms with Crippen LogP contribution in [0.25, 0.3) is 0 Å². The summed E-state index contributed by atoms with van der Waals surface area (Å²) in [6.07, 6.45) is 0.401. The van der Waals surface area contributed by atoms with E-state index in [0.717, 1.165) is 18.9 Å². The molecule has 19 heavy (non-hydrogen) atoms. The summed E-state index contributed by atoms with van der Waals surface area (Å²) in [7, 11) is 3.89. The maximum atomic E-state index is 11.4. The Hall–Kier alpha value is -1.46. The number of carbonyl (C=O) groups excluding carboxylic acids is 1. The Morgan fingerprint density at radius 3 is 2.37 bits per heavy atom. The van der Waals surface area contributed by atoms with Gasteiger partial charge in [0.2, 0.25) is 0 Å². The fourth-order valence-electron chi connectivity index (χ4n) is 1.28. The summed E-state index contributed by atoms with van der Waals surface area (Å²) >= 11 is 0. The van der Waals surface area contributed by atoms with Gasteiger partial charge in [-0.15, -0.1) is 0 Å². The van der Waals surface area contributed by atoms with Crippen molar-refractivity contribution in [3.8, 4) is 0 Å². The third kappa shape index (κ3) is 10.2. The molecular formula is C13H28N4O2. The highest BCUT2D eigenvalue weighted by Gasteiger charge is 2.15. The number of hydrogen-bond acceptors (Lipinski definition) is 3. The van der Waals surface area contributed by atoms with Gasteiger partial charge in [0, 0.05) is 33.7 Å². The molecule has 0 aromatic rings. The van der Waals surface area contributed by atoms with Crippen LogP contribution in [0, 0.1) is 0 Å². The van der Waals surface area contributed by atoms with Gasteiger partial charge in [-0.1, -0.05) is 0 Å². The molecule has 112 valence electrons. The number of hydrogen-bond donors (Lipinski definition) is 2. The smallest absolute Gasteiger partial charge is 0.407 e. The molecule has 0 aliphatic heterocycles. The van der Waals surface area contributed by atoms with Gasteiger partial charge in [0.15, 0.2) is 5.96 Å². The third-order valence-corrected chi connectivity index (χ3v) is 2.02. The van der Waals surface area contributed by atoms with Gasteiger partial charge < -0.3 is 20.3 Å². The van der Waals surface area contributed by atoms with Gasteiger partial charge in [-0.05, 0) is 34.1 Å². The molecule has 0 aliphatic carbocycles. The molecule has 0 fully saturated rings. The van der Waals surface area contributed by atoms with E-state index in [9.17, 15) is 4.79 Å². The number of aliphatic imine (C=N–C) groups is 1. The van der Waals surface area contributed by atoms with E-state index < -0.39 is 5.60 Å². The Kier molecular flexibility index (Phi) is 7.95. The van der Waals surface area contributed by atoms with Gasteiger partial charge in [-0.3, -0.25) is 4.99 Å². The Morgan fingerprint density at radius 2 is 1.89 bits per heavy atom. The Labute approximate surface area is 116 Å². The van der Waals surface area contributed by atoms with Crippen molar-refractivity contribution in [3.05, 3.63) is 0 Å². The zero-order chi connectivity index (χ0) is 14.9. The van der Waals surface area contributed by atoms with Crippen molar-refractivity contribution in [2.75, 3.05) is 33.7 Å². The summed E-state index contributed by atoms with van der Waals surface area (Å²) in [4.78, 5) is 17.7. The van der Waals surface area contributed by atoms with E-state index in [4.69, 9.17) is 4.74 Å². The molecule has 0 aromatic carbocycles. The van der Waals surface area contributed by atoms with E-state index in [0.29, 0.717) is 13.1 Å². The SMILES string of the molecule is CCNC(=NCCCNC(=O)OC(C)(C)C)N(C)C. The number of nitrogens with one attached hydrogen (secondary N) is 2. The number of amides is 1. The van der Waals surface area contributed by atoms with E-state index >= 15 is 0 Å². The van der Waals surface area contributed by atoms with Crippen LogP contribution in [-0.4, -0.2) is 56.3 Å². The van der Waals surface area contributed by atoms with Crippen molar-refractivity contribution in [2.24, 2.45) is 4.99 Å². The maximum absolute atomic E-state index is 11.4. The zero-order valence-corrected chi connectivity index (χ0v) is 13.0. The average molecular weight is 272 g/mol. The lowest BCUT2D eigenvalue weighted by Crippen LogP contribution is -2.36. The van der Waals surface area contributed by atoms with Crippen molar-refractivity contribution in [1.82, 2.24) is 15.5 Å². The Balaban J connectivity index is 3.85. The lowest BCUT2D eigenvalue weighted by molar-refractivity contribution is 0.0527. The summed E-state index contributed by atoms with van der Waals surface area (Å²) in [6, 6.07) is 0. The molecule has 0 bridgehead atoms. The van der Waals surface area contributed by atoms with Crippen molar-refractivity contribution < 1.29 is 9.53 Å². The van der Waals surface area contributed by atoms with Gasteiger partial charge in [0.05, 0.1) is 0 Å². The van der Waals surface area contributed by atoms with E-state index in [2.05, 4.69) is 15.6 Å². The first-order chi connectivity index (χ1) is 8.76. The molecule has 0 heterocycles. The summed E-state index contributed by atoms with van der Waals surface area (Å²) < 4.78 is 5.14. The number of alkyl carbamates (subject to hydrolysis) is 1. The predicted molar refractivity (Wildman–Crippen MR) is 78.5 cm³/mol. The predicted octanol–water partition coefficient (Wildman–Crippen LogP) is 1.43. The molecule has 2 N–H and O–H groups in total. The van der Waals surface area contributed by atoms with Crippen LogP contribution in [0.15, 0.2) is 4.99 Å². The molecule has 0 spiro atoms. The summed E-state index contributed by atoms with van der Waals surface area (Å²) in [5.74, 6) is 0.861. The molecule has 0 radical (unpaired) electrons. The number of nitrogens with zero attached hydrogens (tertiary/aromatic N) is 2. The molecule has 0 saturated carbocycles. The zero-order valence-electron chi connectivity index (χ0n) is 13.0. The average Bonchev–Trinajstić information content (AvgIpc) is 2.24. The van der Waals surface area contributed by atoms with Crippen LogP contribution in [0.5, 0.6) is 0 Å². The van der Waals surface area contributed by atoms with Gasteiger partial charge in [-0.2, -0.15) is 0 Å². The van der Waals surface area contributed by atoms with Crippen molar-refractivity contribution in [1.29, 1.82) is 0 Å². The topological polar surface area (TPSA) is 66.0 Å². The first kappa shape index (κ1) is 17.5. The van der Waals surface area contributed by atoms with E-state index in [1.54, 1.807) is 0 Å². The first-order valence-electron chi connectivity index (χ1n) is 6.68. The van der Waals surface area contributed by atoms with Crippen molar-refractivity contribution in [2.45, 2.75) is 39.7 Å². The number of ether oxygens (including phenoxy) is 1. The molecule has 6 heteroatoms. The Bertz CT molecular complexity index is 296. The van der Waals surface area contributed by atoms with Gasteiger partial charge in [-0.25, -0.2) is 4.79 Å². The van der Waals surface area contributed by atoms with Crippen LogP contribution < -0.4 is 10.6 Å². The molecule has 1 amide bonds. The lowest BCUT2D eigenvalue weighted by Gasteiger charge is -2.19. The number of guanidine groups is 1. The van der Waals surface area contributed by atoms with Gasteiger partial charge >= 0.3 is 6.09 Å². The molecule has 0 aliphatic rings. The van der Waals surface area contributed by atoms with Crippen molar-refractivity contribution in [3.63, 3.8) is 0 Å². The second kappa shape index (κ2) is 8.61. The summed E-state index contributed by atoms with van der Waals surface area (Å²) in [6.45, 7) is 9.63. The molecule has 0 atom stereocenters. The highest BCUT2D eigenvalue weighted by molar-refractivity contribution is 5.79. The first-order valence-corrected chi connectivity index (χ1v) is 6.68. The third-order valence-electron chi connectivity index (χ3n) is 2.02. The second-order valence-corrected chi connectivity index (χ2v) is 5.41. The van der Waals surface area contributed by atoms with E-state index in [-0.39, 0.29) is 6.09 Å². The molecule has 0 unspecified atom stereocenters. The number of carbonyl (C=O) groups is 1. The van der Waals surface area contributed by atoms with Crippen LogP contribution in [0.4, 0.5) is 4.79 Å². The fraction of sp³-hybridized carbons (Fsp3) is 0.846. The Morgan fingerprint density at radius 1 is 1.26 bits per heavy atom. The lowest BCUT2D eigenvalue weighted by atomic mass is 10.2. The molecule has 0 rings (SSSR count). The highest BCUT2D eigenvalue weighted by Crippen LogP contribution is 2.06. The largest absolute Gasteiger partial charge is 0.444 e. The van der Waals surface area contributed by atoms with Crippen LogP contribution in [0.1, 0.15) is 34.1 Å². The van der Waals surface area contributed by atoms with Crippen LogP contribution in [0.3, 0.4) is 0 Å². The molecule has 6 nitrogen and oxygen atoms in total. The normalized spacial score (nSPS) is 12.0. The van der Waals surface area contributed by atoms with Crippen LogP contribution >= 0.6 is 0 Å². The molecular weight excluding hydrogens is 244 g/mol. The quantitative estimate of drug-likeness (QED) is 0.451. The summed E-state index contributed by atoms with van der Waals surface area (Å²) in [5, 5.41) is 5.89. The van der Waals surface area contributed by atoms with Gasteiger partial charge in [0.25, 0.3) is 0 Å². The molecule has 0 aromatic heterocycles. The highest BCUT2D eigenvalue weighted by atomic mass is 16.6. The fourth-order valence-corrected chi connectivity index (χ4v) is 1.28. The minimum absolute atomic E-state index is 0.379. The monoisotopic (exact) mass is 272 g/mol. The van der Waals surface area contributed by atoms with E-state index in [1.807, 2.05) is 46.7 Å². The van der Waals surface area contributed by atoms with Crippen LogP contribution in [0.2, 0.25) is 0 Å². The number of rotatable bonds is 5.